The fraction of sp³-hybridized carbons (Fsp3) is 0.700. The molecule has 0 N–H and O–H groups in total. The minimum atomic E-state index is -0.142. The summed E-state index contributed by atoms with van der Waals surface area (Å²) in [5.41, 5.74) is 1.25. The van der Waals surface area contributed by atoms with Crippen molar-refractivity contribution >= 4 is 23.0 Å². The van der Waals surface area contributed by atoms with E-state index in [4.69, 9.17) is 7.80 Å². The third-order valence-electron chi connectivity index (χ3n) is 4.22. The SMILES string of the molecule is Fc1ccc(CCCCCCCCCCCCOCCOI)cc1. The van der Waals surface area contributed by atoms with Gasteiger partial charge in [-0.1, -0.05) is 63.5 Å². The van der Waals surface area contributed by atoms with Crippen LogP contribution in [0.25, 0.3) is 0 Å². The normalized spacial score (nSPS) is 11.1. The molecule has 1 aromatic rings. The van der Waals surface area contributed by atoms with Gasteiger partial charge in [-0.15, -0.1) is 0 Å². The first-order valence-corrected chi connectivity index (χ1v) is 10.3. The highest BCUT2D eigenvalue weighted by Crippen LogP contribution is 2.13. The molecule has 0 amide bonds. The summed E-state index contributed by atoms with van der Waals surface area (Å²) in [5.74, 6) is -0.142. The molecule has 0 fully saturated rings. The third-order valence-corrected chi connectivity index (χ3v) is 4.66. The van der Waals surface area contributed by atoms with Gasteiger partial charge in [0.15, 0.2) is 0 Å². The number of halogens is 2. The lowest BCUT2D eigenvalue weighted by atomic mass is 10.0. The lowest BCUT2D eigenvalue weighted by Crippen LogP contribution is -2.01. The summed E-state index contributed by atoms with van der Waals surface area (Å²) in [6.45, 7) is 2.27. The van der Waals surface area contributed by atoms with Crippen molar-refractivity contribution in [2.45, 2.75) is 70.6 Å². The Balaban J connectivity index is 1.75. The molecule has 2 nitrogen and oxygen atoms in total. The minimum Gasteiger partial charge on any atom is -0.379 e. The van der Waals surface area contributed by atoms with Crippen LogP contribution in [0.3, 0.4) is 0 Å². The number of benzene rings is 1. The van der Waals surface area contributed by atoms with Crippen molar-refractivity contribution in [2.24, 2.45) is 0 Å². The Kier molecular flexibility index (Phi) is 14.8. The van der Waals surface area contributed by atoms with Crippen LogP contribution >= 0.6 is 23.0 Å². The quantitative estimate of drug-likeness (QED) is 0.207. The standard InChI is InChI=1S/C20H32FIO2/c21-20-14-12-19(13-15-20)11-9-7-5-3-1-2-4-6-8-10-16-23-17-18-24-22/h12-15H,1-11,16-18H2. The monoisotopic (exact) mass is 450 g/mol. The molecule has 0 aliphatic rings. The second-order valence-corrected chi connectivity index (χ2v) is 6.96. The number of ether oxygens (including phenoxy) is 1. The van der Waals surface area contributed by atoms with E-state index in [1.165, 1.54) is 69.8 Å². The van der Waals surface area contributed by atoms with Crippen LogP contribution < -0.4 is 0 Å². The summed E-state index contributed by atoms with van der Waals surface area (Å²) in [6.07, 6.45) is 14.1. The maximum Gasteiger partial charge on any atom is 0.123 e. The summed E-state index contributed by atoms with van der Waals surface area (Å²) in [6, 6.07) is 6.91. The van der Waals surface area contributed by atoms with Crippen LogP contribution in [0.2, 0.25) is 0 Å². The van der Waals surface area contributed by atoms with Crippen molar-refractivity contribution in [1.29, 1.82) is 0 Å². The zero-order valence-electron chi connectivity index (χ0n) is 14.8. The zero-order valence-corrected chi connectivity index (χ0v) is 16.9. The van der Waals surface area contributed by atoms with E-state index >= 15 is 0 Å². The molecule has 4 heteroatoms. The van der Waals surface area contributed by atoms with E-state index in [9.17, 15) is 4.39 Å². The lowest BCUT2D eigenvalue weighted by molar-refractivity contribution is 0.109. The smallest absolute Gasteiger partial charge is 0.123 e. The molecule has 1 rings (SSSR count). The van der Waals surface area contributed by atoms with Gasteiger partial charge in [0.2, 0.25) is 0 Å². The van der Waals surface area contributed by atoms with Crippen LogP contribution in [0.5, 0.6) is 0 Å². The van der Waals surface area contributed by atoms with Crippen molar-refractivity contribution in [2.75, 3.05) is 19.8 Å². The first kappa shape index (κ1) is 21.8. The largest absolute Gasteiger partial charge is 0.379 e. The number of hydrogen-bond donors (Lipinski definition) is 0. The van der Waals surface area contributed by atoms with Gasteiger partial charge in [-0.25, -0.2) is 4.39 Å². The molecule has 0 heterocycles. The van der Waals surface area contributed by atoms with E-state index < -0.39 is 0 Å². The molecular weight excluding hydrogens is 418 g/mol. The maximum absolute atomic E-state index is 12.8. The summed E-state index contributed by atoms with van der Waals surface area (Å²) < 4.78 is 23.2. The van der Waals surface area contributed by atoms with Gasteiger partial charge in [-0.2, -0.15) is 0 Å². The first-order chi connectivity index (χ1) is 11.8. The Morgan fingerprint density at radius 1 is 0.667 bits per heavy atom. The third kappa shape index (κ3) is 13.1. The molecule has 138 valence electrons. The highest BCUT2D eigenvalue weighted by atomic mass is 127. The van der Waals surface area contributed by atoms with Gasteiger partial charge in [-0.3, -0.25) is 0 Å². The maximum atomic E-state index is 12.8. The molecule has 24 heavy (non-hydrogen) atoms. The molecule has 0 bridgehead atoms. The van der Waals surface area contributed by atoms with Crippen LogP contribution in [0, 0.1) is 5.82 Å². The number of hydrogen-bond acceptors (Lipinski definition) is 2. The van der Waals surface area contributed by atoms with Crippen molar-refractivity contribution in [1.82, 2.24) is 0 Å². The molecule has 0 spiro atoms. The van der Waals surface area contributed by atoms with Crippen LogP contribution in [0.1, 0.15) is 69.8 Å². The highest BCUT2D eigenvalue weighted by molar-refractivity contribution is 14.1. The molecule has 0 aliphatic carbocycles. The van der Waals surface area contributed by atoms with E-state index in [0.717, 1.165) is 13.0 Å². The number of aryl methyl sites for hydroxylation is 1. The molecule has 0 saturated heterocycles. The highest BCUT2D eigenvalue weighted by Gasteiger charge is 1.96. The van der Waals surface area contributed by atoms with E-state index in [1.807, 2.05) is 35.1 Å². The molecule has 0 atom stereocenters. The van der Waals surface area contributed by atoms with E-state index in [-0.39, 0.29) is 5.82 Å². The van der Waals surface area contributed by atoms with Crippen LogP contribution in [-0.2, 0) is 14.2 Å². The van der Waals surface area contributed by atoms with Crippen molar-refractivity contribution in [3.05, 3.63) is 35.6 Å². The molecule has 1 aromatic carbocycles. The summed E-state index contributed by atoms with van der Waals surface area (Å²) in [4.78, 5) is 0. The molecule has 0 aliphatic heterocycles. The average molecular weight is 450 g/mol. The Morgan fingerprint density at radius 2 is 1.21 bits per heavy atom. The Labute approximate surface area is 161 Å². The van der Waals surface area contributed by atoms with E-state index in [1.54, 1.807) is 12.1 Å². The predicted octanol–water partition coefficient (Wildman–Crippen LogP) is 6.65. The second kappa shape index (κ2) is 16.3. The van der Waals surface area contributed by atoms with Gasteiger partial charge >= 0.3 is 0 Å². The van der Waals surface area contributed by atoms with Gasteiger partial charge in [0, 0.05) is 6.61 Å². The molecule has 0 radical (unpaired) electrons. The summed E-state index contributed by atoms with van der Waals surface area (Å²) in [7, 11) is 0. The van der Waals surface area contributed by atoms with Crippen molar-refractivity contribution in [3.63, 3.8) is 0 Å². The zero-order chi connectivity index (χ0) is 17.3. The van der Waals surface area contributed by atoms with Crippen LogP contribution in [0.4, 0.5) is 4.39 Å². The fourth-order valence-electron chi connectivity index (χ4n) is 2.79. The predicted molar refractivity (Wildman–Crippen MR) is 107 cm³/mol. The summed E-state index contributed by atoms with van der Waals surface area (Å²) >= 11 is 1.90. The Morgan fingerprint density at radius 3 is 1.79 bits per heavy atom. The van der Waals surface area contributed by atoms with Gasteiger partial charge in [0.05, 0.1) is 13.2 Å². The van der Waals surface area contributed by atoms with Gasteiger partial charge < -0.3 is 7.80 Å². The number of unbranched alkanes of at least 4 members (excludes halogenated alkanes) is 9. The van der Waals surface area contributed by atoms with Crippen molar-refractivity contribution < 1.29 is 12.2 Å². The van der Waals surface area contributed by atoms with Crippen LogP contribution in [-0.4, -0.2) is 19.8 Å². The molecule has 0 saturated carbocycles. The van der Waals surface area contributed by atoms with Gasteiger partial charge in [0.25, 0.3) is 0 Å². The molecule has 0 unspecified atom stereocenters. The van der Waals surface area contributed by atoms with Crippen molar-refractivity contribution in [3.8, 4) is 0 Å². The average Bonchev–Trinajstić information content (AvgIpc) is 2.60. The second-order valence-electron chi connectivity index (χ2n) is 6.34. The molecular formula is C20H32FIO2. The van der Waals surface area contributed by atoms with E-state index in [2.05, 4.69) is 0 Å². The van der Waals surface area contributed by atoms with E-state index in [0.29, 0.717) is 13.2 Å². The Hall–Kier alpha value is -0.200. The number of rotatable bonds is 16. The molecule has 0 aromatic heterocycles. The topological polar surface area (TPSA) is 18.5 Å². The summed E-state index contributed by atoms with van der Waals surface area (Å²) in [5, 5.41) is 0. The van der Waals surface area contributed by atoms with Gasteiger partial charge in [-0.05, 0) is 37.0 Å². The lowest BCUT2D eigenvalue weighted by Gasteiger charge is -2.04. The minimum absolute atomic E-state index is 0.142. The van der Waals surface area contributed by atoms with Gasteiger partial charge in [0.1, 0.15) is 28.8 Å². The first-order valence-electron chi connectivity index (χ1n) is 9.38. The fourth-order valence-corrected chi connectivity index (χ4v) is 2.97. The Bertz CT molecular complexity index is 384. The van der Waals surface area contributed by atoms with Crippen LogP contribution in [0.15, 0.2) is 24.3 Å².